The molecule has 0 spiro atoms. The van der Waals surface area contributed by atoms with Crippen LogP contribution in [0.2, 0.25) is 10.0 Å². The molecule has 0 radical (unpaired) electrons. The normalized spacial score (nSPS) is 17.3. The standard InChI is InChI=1S/C20H26Cl2N4O/c1-20(2,3)18-10-17(19(27)24-11-15-5-4-8-23-15)26(25-18)12-13-6-7-14(21)9-16(13)22/h6-7,9-10,15,23H,4-5,8,11-12H2,1-3H3,(H,24,27). The van der Waals surface area contributed by atoms with Crippen LogP contribution < -0.4 is 10.6 Å². The number of amides is 1. The molecule has 1 fully saturated rings. The van der Waals surface area contributed by atoms with Crippen molar-refractivity contribution in [2.24, 2.45) is 0 Å². The molecule has 1 aromatic heterocycles. The first kappa shape index (κ1) is 20.2. The molecule has 1 amide bonds. The number of hydrogen-bond donors (Lipinski definition) is 2. The van der Waals surface area contributed by atoms with Crippen molar-refractivity contribution < 1.29 is 4.79 Å². The molecule has 0 bridgehead atoms. The predicted molar refractivity (Wildman–Crippen MR) is 110 cm³/mol. The summed E-state index contributed by atoms with van der Waals surface area (Å²) in [5, 5.41) is 12.3. The van der Waals surface area contributed by atoms with Gasteiger partial charge < -0.3 is 10.6 Å². The lowest BCUT2D eigenvalue weighted by atomic mass is 9.92. The van der Waals surface area contributed by atoms with Crippen LogP contribution in [-0.2, 0) is 12.0 Å². The van der Waals surface area contributed by atoms with E-state index in [0.29, 0.717) is 34.9 Å². The summed E-state index contributed by atoms with van der Waals surface area (Å²) >= 11 is 12.3. The predicted octanol–water partition coefficient (Wildman–Crippen LogP) is 4.02. The third kappa shape index (κ3) is 5.03. The van der Waals surface area contributed by atoms with Gasteiger partial charge in [-0.25, -0.2) is 0 Å². The van der Waals surface area contributed by atoms with Gasteiger partial charge in [-0.05, 0) is 43.1 Å². The first-order valence-corrected chi connectivity index (χ1v) is 10.0. The number of carbonyl (C=O) groups excluding carboxylic acids is 1. The maximum absolute atomic E-state index is 12.8. The topological polar surface area (TPSA) is 59.0 Å². The summed E-state index contributed by atoms with van der Waals surface area (Å²) in [7, 11) is 0. The summed E-state index contributed by atoms with van der Waals surface area (Å²) in [4.78, 5) is 12.8. The van der Waals surface area contributed by atoms with Crippen LogP contribution in [0.25, 0.3) is 0 Å². The smallest absolute Gasteiger partial charge is 0.269 e. The highest BCUT2D eigenvalue weighted by atomic mass is 35.5. The monoisotopic (exact) mass is 408 g/mol. The van der Waals surface area contributed by atoms with Gasteiger partial charge in [0.25, 0.3) is 5.91 Å². The van der Waals surface area contributed by atoms with Crippen LogP contribution in [0.3, 0.4) is 0 Å². The summed E-state index contributed by atoms with van der Waals surface area (Å²) in [5.41, 5.74) is 2.13. The average Bonchev–Trinajstić information content (AvgIpc) is 3.24. The number of aromatic nitrogens is 2. The Balaban J connectivity index is 1.84. The third-order valence-corrected chi connectivity index (χ3v) is 5.37. The van der Waals surface area contributed by atoms with E-state index in [1.807, 2.05) is 12.1 Å². The van der Waals surface area contributed by atoms with Crippen LogP contribution in [0.15, 0.2) is 24.3 Å². The SMILES string of the molecule is CC(C)(C)c1cc(C(=O)NCC2CCCN2)n(Cc2ccc(Cl)cc2Cl)n1. The fourth-order valence-corrected chi connectivity index (χ4v) is 3.60. The molecule has 2 aromatic rings. The minimum atomic E-state index is -0.156. The van der Waals surface area contributed by atoms with Crippen LogP contribution in [0.5, 0.6) is 0 Å². The Kier molecular flexibility index (Phi) is 6.14. The number of nitrogens with zero attached hydrogens (tertiary/aromatic N) is 2. The van der Waals surface area contributed by atoms with Crippen molar-refractivity contribution >= 4 is 29.1 Å². The summed E-state index contributed by atoms with van der Waals surface area (Å²) in [5.74, 6) is -0.114. The maximum Gasteiger partial charge on any atom is 0.269 e. The van der Waals surface area contributed by atoms with E-state index in [1.165, 1.54) is 0 Å². The molecule has 2 N–H and O–H groups in total. The van der Waals surface area contributed by atoms with Gasteiger partial charge in [0.15, 0.2) is 0 Å². The molecule has 1 aliphatic heterocycles. The molecular formula is C20H26Cl2N4O. The molecule has 2 heterocycles. The van der Waals surface area contributed by atoms with E-state index < -0.39 is 0 Å². The van der Waals surface area contributed by atoms with Gasteiger partial charge in [0.2, 0.25) is 0 Å². The highest BCUT2D eigenvalue weighted by Gasteiger charge is 2.24. The van der Waals surface area contributed by atoms with E-state index in [2.05, 4.69) is 36.5 Å². The molecule has 0 aliphatic carbocycles. The first-order chi connectivity index (χ1) is 12.7. The summed E-state index contributed by atoms with van der Waals surface area (Å²) in [6, 6.07) is 7.59. The van der Waals surface area contributed by atoms with E-state index in [4.69, 9.17) is 23.2 Å². The van der Waals surface area contributed by atoms with E-state index in [1.54, 1.807) is 16.8 Å². The summed E-state index contributed by atoms with van der Waals surface area (Å²) in [6.07, 6.45) is 2.24. The molecule has 7 heteroatoms. The van der Waals surface area contributed by atoms with Gasteiger partial charge in [-0.1, -0.05) is 50.0 Å². The van der Waals surface area contributed by atoms with E-state index in [9.17, 15) is 4.79 Å². The van der Waals surface area contributed by atoms with Gasteiger partial charge in [-0.3, -0.25) is 9.48 Å². The molecule has 5 nitrogen and oxygen atoms in total. The zero-order valence-electron chi connectivity index (χ0n) is 16.0. The largest absolute Gasteiger partial charge is 0.349 e. The molecule has 3 rings (SSSR count). The van der Waals surface area contributed by atoms with Crippen molar-refractivity contribution in [1.29, 1.82) is 0 Å². The number of halogens is 2. The Labute approximate surface area is 170 Å². The number of benzene rings is 1. The molecule has 1 aromatic carbocycles. The highest BCUT2D eigenvalue weighted by Crippen LogP contribution is 2.25. The van der Waals surface area contributed by atoms with Gasteiger partial charge in [-0.15, -0.1) is 0 Å². The van der Waals surface area contributed by atoms with Crippen molar-refractivity contribution in [3.8, 4) is 0 Å². The highest BCUT2D eigenvalue weighted by molar-refractivity contribution is 6.35. The Morgan fingerprint density at radius 1 is 1.33 bits per heavy atom. The number of hydrogen-bond acceptors (Lipinski definition) is 3. The molecular weight excluding hydrogens is 383 g/mol. The molecule has 1 saturated heterocycles. The third-order valence-electron chi connectivity index (χ3n) is 4.79. The minimum absolute atomic E-state index is 0.114. The Bertz CT molecular complexity index is 820. The van der Waals surface area contributed by atoms with Crippen LogP contribution in [0.4, 0.5) is 0 Å². The molecule has 146 valence electrons. The fraction of sp³-hybridized carbons (Fsp3) is 0.500. The van der Waals surface area contributed by atoms with Crippen LogP contribution >= 0.6 is 23.2 Å². The zero-order valence-corrected chi connectivity index (χ0v) is 17.5. The second-order valence-corrected chi connectivity index (χ2v) is 8.91. The molecule has 0 saturated carbocycles. The first-order valence-electron chi connectivity index (χ1n) is 9.28. The Hall–Kier alpha value is -1.56. The van der Waals surface area contributed by atoms with Crippen molar-refractivity contribution in [3.63, 3.8) is 0 Å². The zero-order chi connectivity index (χ0) is 19.6. The lowest BCUT2D eigenvalue weighted by molar-refractivity contribution is 0.0940. The molecule has 1 aliphatic rings. The molecule has 27 heavy (non-hydrogen) atoms. The number of rotatable bonds is 5. The van der Waals surface area contributed by atoms with E-state index in [-0.39, 0.29) is 11.3 Å². The second kappa shape index (κ2) is 8.21. The summed E-state index contributed by atoms with van der Waals surface area (Å²) < 4.78 is 1.73. The lowest BCUT2D eigenvalue weighted by Gasteiger charge is -2.14. The van der Waals surface area contributed by atoms with E-state index in [0.717, 1.165) is 30.6 Å². The molecule has 1 atom stereocenters. The van der Waals surface area contributed by atoms with Gasteiger partial charge in [0.1, 0.15) is 5.69 Å². The number of nitrogens with one attached hydrogen (secondary N) is 2. The minimum Gasteiger partial charge on any atom is -0.349 e. The second-order valence-electron chi connectivity index (χ2n) is 8.06. The lowest BCUT2D eigenvalue weighted by Crippen LogP contribution is -2.37. The van der Waals surface area contributed by atoms with Crippen LogP contribution in [0, 0.1) is 0 Å². The Morgan fingerprint density at radius 2 is 2.11 bits per heavy atom. The summed E-state index contributed by atoms with van der Waals surface area (Å²) in [6.45, 7) is 8.30. The van der Waals surface area contributed by atoms with Gasteiger partial charge in [-0.2, -0.15) is 5.10 Å². The van der Waals surface area contributed by atoms with Crippen molar-refractivity contribution in [2.45, 2.75) is 51.6 Å². The fourth-order valence-electron chi connectivity index (χ4n) is 3.14. The average molecular weight is 409 g/mol. The van der Waals surface area contributed by atoms with Crippen molar-refractivity contribution in [1.82, 2.24) is 20.4 Å². The maximum atomic E-state index is 12.8. The van der Waals surface area contributed by atoms with Crippen molar-refractivity contribution in [2.75, 3.05) is 13.1 Å². The Morgan fingerprint density at radius 3 is 2.74 bits per heavy atom. The molecule has 1 unspecified atom stereocenters. The van der Waals surface area contributed by atoms with Gasteiger partial charge in [0, 0.05) is 28.0 Å². The van der Waals surface area contributed by atoms with Gasteiger partial charge >= 0.3 is 0 Å². The quantitative estimate of drug-likeness (QED) is 0.785. The van der Waals surface area contributed by atoms with E-state index >= 15 is 0 Å². The number of carbonyl (C=O) groups is 1. The van der Waals surface area contributed by atoms with Gasteiger partial charge in [0.05, 0.1) is 12.2 Å². The van der Waals surface area contributed by atoms with Crippen molar-refractivity contribution in [3.05, 3.63) is 51.3 Å². The van der Waals surface area contributed by atoms with Crippen LogP contribution in [-0.4, -0.2) is 34.8 Å². The van der Waals surface area contributed by atoms with Crippen LogP contribution in [0.1, 0.15) is 55.4 Å².